The van der Waals surface area contributed by atoms with Crippen molar-refractivity contribution < 1.29 is 52.0 Å². The fourth-order valence-corrected chi connectivity index (χ4v) is 2.90. The van der Waals surface area contributed by atoms with E-state index in [-0.39, 0.29) is 34.5 Å². The van der Waals surface area contributed by atoms with E-state index in [1.807, 2.05) is 0 Å². The summed E-state index contributed by atoms with van der Waals surface area (Å²) >= 11 is 6.70. The van der Waals surface area contributed by atoms with E-state index in [0.717, 1.165) is 0 Å². The minimum Gasteiger partial charge on any atom is -0.744 e. The van der Waals surface area contributed by atoms with Gasteiger partial charge in [0.25, 0.3) is 0 Å². The molecular formula is C13H9Br2NaO5S. The third-order valence-corrected chi connectivity index (χ3v) is 4.64. The van der Waals surface area contributed by atoms with Gasteiger partial charge in [0.05, 0.1) is 21.0 Å². The van der Waals surface area contributed by atoms with Gasteiger partial charge < -0.3 is 14.0 Å². The molecule has 0 unspecified atom stereocenters. The Morgan fingerprint density at radius 3 is 2.00 bits per heavy atom. The summed E-state index contributed by atoms with van der Waals surface area (Å²) in [5, 5.41) is 0. The van der Waals surface area contributed by atoms with Gasteiger partial charge in [-0.25, -0.2) is 8.42 Å². The van der Waals surface area contributed by atoms with Crippen molar-refractivity contribution in [3.8, 4) is 17.2 Å². The Balaban J connectivity index is 0.00000242. The van der Waals surface area contributed by atoms with Gasteiger partial charge in [0, 0.05) is 0 Å². The molecule has 0 amide bonds. The van der Waals surface area contributed by atoms with Gasteiger partial charge in [0.1, 0.15) is 27.4 Å². The average Bonchev–Trinajstić information content (AvgIpc) is 2.42. The Hall–Kier alpha value is -0.0900. The van der Waals surface area contributed by atoms with Crippen LogP contribution in [0.4, 0.5) is 0 Å². The molecule has 112 valence electrons. The Morgan fingerprint density at radius 2 is 1.50 bits per heavy atom. The number of methoxy groups -OCH3 is 1. The molecule has 0 atom stereocenters. The third kappa shape index (κ3) is 4.95. The van der Waals surface area contributed by atoms with Crippen molar-refractivity contribution in [2.75, 3.05) is 7.11 Å². The molecule has 5 nitrogen and oxygen atoms in total. The second-order valence-electron chi connectivity index (χ2n) is 3.94. The molecule has 0 bridgehead atoms. The van der Waals surface area contributed by atoms with E-state index in [1.165, 1.54) is 24.3 Å². The molecule has 0 heterocycles. The van der Waals surface area contributed by atoms with Gasteiger partial charge in [0.2, 0.25) is 0 Å². The summed E-state index contributed by atoms with van der Waals surface area (Å²) < 4.78 is 44.7. The quantitative estimate of drug-likeness (QED) is 0.502. The number of hydrogen-bond donors (Lipinski definition) is 0. The van der Waals surface area contributed by atoms with E-state index in [1.54, 1.807) is 19.2 Å². The van der Waals surface area contributed by atoms with Gasteiger partial charge in [-0.2, -0.15) is 0 Å². The summed E-state index contributed by atoms with van der Waals surface area (Å²) in [5.41, 5.74) is 0. The zero-order valence-corrected chi connectivity index (χ0v) is 17.7. The molecule has 22 heavy (non-hydrogen) atoms. The molecule has 0 saturated heterocycles. The predicted molar refractivity (Wildman–Crippen MR) is 82.9 cm³/mol. The minimum atomic E-state index is -4.46. The van der Waals surface area contributed by atoms with Crippen molar-refractivity contribution in [3.63, 3.8) is 0 Å². The van der Waals surface area contributed by atoms with Gasteiger partial charge >= 0.3 is 29.6 Å². The van der Waals surface area contributed by atoms with Crippen molar-refractivity contribution in [1.82, 2.24) is 0 Å². The molecule has 0 aliphatic heterocycles. The second-order valence-corrected chi connectivity index (χ2v) is 7.03. The second kappa shape index (κ2) is 8.14. The first-order valence-electron chi connectivity index (χ1n) is 5.58. The van der Waals surface area contributed by atoms with Crippen LogP contribution in [-0.2, 0) is 10.1 Å². The molecule has 9 heteroatoms. The van der Waals surface area contributed by atoms with Crippen molar-refractivity contribution in [2.45, 2.75) is 4.90 Å². The summed E-state index contributed by atoms with van der Waals surface area (Å²) in [6.45, 7) is 0. The van der Waals surface area contributed by atoms with Crippen LogP contribution in [-0.4, -0.2) is 20.1 Å². The first kappa shape index (κ1) is 20.0. The molecule has 0 aromatic heterocycles. The Bertz CT molecular complexity index is 763. The fraction of sp³-hybridized carbons (Fsp3) is 0.0769. The maximum Gasteiger partial charge on any atom is 1.00 e. The van der Waals surface area contributed by atoms with Crippen LogP contribution in [0.5, 0.6) is 17.2 Å². The van der Waals surface area contributed by atoms with Gasteiger partial charge in [0.15, 0.2) is 0 Å². The molecule has 0 aliphatic rings. The van der Waals surface area contributed by atoms with Crippen LogP contribution in [0, 0.1) is 0 Å². The molecule has 0 N–H and O–H groups in total. The summed E-state index contributed by atoms with van der Waals surface area (Å²) in [6.07, 6.45) is 0. The van der Waals surface area contributed by atoms with Crippen LogP contribution < -0.4 is 39.0 Å². The summed E-state index contributed by atoms with van der Waals surface area (Å²) in [5.74, 6) is 1.56. The predicted octanol–water partition coefficient (Wildman–Crippen LogP) is 0.921. The van der Waals surface area contributed by atoms with Crippen LogP contribution >= 0.6 is 31.9 Å². The largest absolute Gasteiger partial charge is 1.00 e. The van der Waals surface area contributed by atoms with E-state index in [4.69, 9.17) is 9.47 Å². The number of benzene rings is 2. The topological polar surface area (TPSA) is 75.7 Å². The zero-order valence-electron chi connectivity index (χ0n) is 11.7. The third-order valence-electron chi connectivity index (χ3n) is 2.55. The maximum absolute atomic E-state index is 10.8. The van der Waals surface area contributed by atoms with Crippen LogP contribution in [0.25, 0.3) is 0 Å². The Kier molecular flexibility index (Phi) is 7.38. The monoisotopic (exact) mass is 458 g/mol. The number of ether oxygens (including phenoxy) is 2. The Labute approximate surface area is 167 Å². The van der Waals surface area contributed by atoms with Gasteiger partial charge in [-0.05, 0) is 68.3 Å². The smallest absolute Gasteiger partial charge is 0.744 e. The zero-order chi connectivity index (χ0) is 15.6. The average molecular weight is 460 g/mol. The molecule has 2 rings (SSSR count). The summed E-state index contributed by atoms with van der Waals surface area (Å²) in [4.78, 5) is -0.301. The SMILES string of the molecule is COc1cc(Br)c(Oc2ccc(S(=O)(=O)[O-])cc2)cc1Br.[Na+]. The Morgan fingerprint density at radius 1 is 1.00 bits per heavy atom. The van der Waals surface area contributed by atoms with E-state index in [2.05, 4.69) is 31.9 Å². The first-order chi connectivity index (χ1) is 9.81. The summed E-state index contributed by atoms with van der Waals surface area (Å²) in [7, 11) is -2.90. The van der Waals surface area contributed by atoms with Crippen LogP contribution in [0.15, 0.2) is 50.2 Å². The molecule has 0 fully saturated rings. The van der Waals surface area contributed by atoms with Gasteiger partial charge in [-0.15, -0.1) is 0 Å². The standard InChI is InChI=1S/C13H10Br2O5S.Na/c1-19-12-6-11(15)13(7-10(12)14)20-8-2-4-9(5-3-8)21(16,17)18;/h2-7H,1H3,(H,16,17,18);/q;+1/p-1. The summed E-state index contributed by atoms with van der Waals surface area (Å²) in [6, 6.07) is 8.66. The fourth-order valence-electron chi connectivity index (χ4n) is 1.55. The van der Waals surface area contributed by atoms with Crippen molar-refractivity contribution >= 4 is 42.0 Å². The number of hydrogen-bond acceptors (Lipinski definition) is 5. The van der Waals surface area contributed by atoms with E-state index in [0.29, 0.717) is 26.2 Å². The van der Waals surface area contributed by atoms with Gasteiger partial charge in [-0.1, -0.05) is 0 Å². The number of halogens is 2. The molecule has 2 aromatic rings. The molecule has 0 saturated carbocycles. The minimum absolute atomic E-state index is 0. The molecular weight excluding hydrogens is 451 g/mol. The van der Waals surface area contributed by atoms with Crippen LogP contribution in [0.1, 0.15) is 0 Å². The molecule has 0 aliphatic carbocycles. The van der Waals surface area contributed by atoms with E-state index in [9.17, 15) is 13.0 Å². The normalized spacial score (nSPS) is 10.7. The van der Waals surface area contributed by atoms with Crippen molar-refractivity contribution in [3.05, 3.63) is 45.3 Å². The molecule has 2 aromatic carbocycles. The maximum atomic E-state index is 10.8. The molecule has 0 radical (unpaired) electrons. The van der Waals surface area contributed by atoms with Crippen LogP contribution in [0.3, 0.4) is 0 Å². The van der Waals surface area contributed by atoms with Gasteiger partial charge in [-0.3, -0.25) is 0 Å². The van der Waals surface area contributed by atoms with E-state index < -0.39 is 10.1 Å². The number of rotatable bonds is 4. The van der Waals surface area contributed by atoms with E-state index >= 15 is 0 Å². The van der Waals surface area contributed by atoms with Crippen LogP contribution in [0.2, 0.25) is 0 Å². The van der Waals surface area contributed by atoms with Crippen molar-refractivity contribution in [2.24, 2.45) is 0 Å². The van der Waals surface area contributed by atoms with Crippen molar-refractivity contribution in [1.29, 1.82) is 0 Å². The first-order valence-corrected chi connectivity index (χ1v) is 8.57. The molecule has 0 spiro atoms.